The van der Waals surface area contributed by atoms with Gasteiger partial charge in [0, 0.05) is 29.7 Å². The Bertz CT molecular complexity index is 980. The molecule has 7 heteroatoms. The molecule has 3 aromatic rings. The summed E-state index contributed by atoms with van der Waals surface area (Å²) in [6.07, 6.45) is 3.00. The van der Waals surface area contributed by atoms with E-state index in [1.54, 1.807) is 11.5 Å². The van der Waals surface area contributed by atoms with Crippen LogP contribution in [0.15, 0.2) is 48.7 Å². The first-order chi connectivity index (χ1) is 13.0. The number of pyridine rings is 1. The highest BCUT2D eigenvalue weighted by atomic mass is 16.5. The van der Waals surface area contributed by atoms with Crippen molar-refractivity contribution >= 4 is 22.7 Å². The van der Waals surface area contributed by atoms with Crippen molar-refractivity contribution in [1.29, 1.82) is 0 Å². The Hall–Kier alpha value is -3.19. The fourth-order valence-electron chi connectivity index (χ4n) is 3.17. The van der Waals surface area contributed by atoms with Crippen LogP contribution in [0.3, 0.4) is 0 Å². The molecule has 0 fully saturated rings. The Morgan fingerprint density at radius 2 is 1.96 bits per heavy atom. The molecular formula is C20H22N4O3. The van der Waals surface area contributed by atoms with Crippen LogP contribution in [-0.2, 0) is 7.05 Å². The number of aryl methyl sites for hydroxylation is 1. The van der Waals surface area contributed by atoms with Crippen molar-refractivity contribution in [3.05, 3.63) is 65.6 Å². The van der Waals surface area contributed by atoms with E-state index in [0.717, 1.165) is 17.3 Å². The van der Waals surface area contributed by atoms with E-state index < -0.39 is 5.91 Å². The number of nitrogens with one attached hydrogen (secondary N) is 2. The lowest BCUT2D eigenvalue weighted by Gasteiger charge is -2.18. The zero-order chi connectivity index (χ0) is 19.4. The Labute approximate surface area is 157 Å². The first kappa shape index (κ1) is 18.6. The van der Waals surface area contributed by atoms with Crippen LogP contribution in [0, 0.1) is 0 Å². The third kappa shape index (κ3) is 3.83. The number of para-hydroxylation sites is 1. The normalized spacial score (nSPS) is 12.0. The van der Waals surface area contributed by atoms with Gasteiger partial charge in [0.2, 0.25) is 0 Å². The van der Waals surface area contributed by atoms with E-state index in [4.69, 9.17) is 5.21 Å². The van der Waals surface area contributed by atoms with Gasteiger partial charge in [-0.05, 0) is 30.7 Å². The number of amides is 2. The van der Waals surface area contributed by atoms with Crippen LogP contribution in [0.1, 0.15) is 52.3 Å². The Morgan fingerprint density at radius 3 is 2.67 bits per heavy atom. The standard InChI is InChI=1S/C20H22N4O3/c1-3-6-15(16-11-14(9-10-21-16)19(25)23-27)22-20(26)18-12-13-7-4-5-8-17(13)24(18)2/h4-5,7-12,15,27H,3,6H2,1-2H3,(H,22,26)(H,23,25)/t15-/m0/s1. The number of nitrogens with zero attached hydrogens (tertiary/aromatic N) is 2. The van der Waals surface area contributed by atoms with E-state index >= 15 is 0 Å². The summed E-state index contributed by atoms with van der Waals surface area (Å²) in [5, 5.41) is 12.8. The number of rotatable bonds is 6. The smallest absolute Gasteiger partial charge is 0.274 e. The summed E-state index contributed by atoms with van der Waals surface area (Å²) in [7, 11) is 1.86. The minimum absolute atomic E-state index is 0.203. The molecule has 0 aliphatic carbocycles. The second-order valence-electron chi connectivity index (χ2n) is 6.37. The van der Waals surface area contributed by atoms with Crippen molar-refractivity contribution in [2.24, 2.45) is 7.05 Å². The van der Waals surface area contributed by atoms with Crippen LogP contribution in [0.25, 0.3) is 10.9 Å². The third-order valence-electron chi connectivity index (χ3n) is 4.57. The third-order valence-corrected chi connectivity index (χ3v) is 4.57. The lowest BCUT2D eigenvalue weighted by Crippen LogP contribution is -2.30. The minimum Gasteiger partial charge on any atom is -0.342 e. The van der Waals surface area contributed by atoms with E-state index in [1.807, 2.05) is 48.9 Å². The molecule has 0 saturated carbocycles. The molecule has 3 N–H and O–H groups in total. The average Bonchev–Trinajstić information content (AvgIpc) is 3.04. The number of hydroxylamine groups is 1. The molecule has 0 radical (unpaired) electrons. The van der Waals surface area contributed by atoms with Crippen molar-refractivity contribution in [2.45, 2.75) is 25.8 Å². The molecule has 1 atom stereocenters. The van der Waals surface area contributed by atoms with E-state index in [2.05, 4.69) is 10.3 Å². The highest BCUT2D eigenvalue weighted by molar-refractivity contribution is 5.99. The minimum atomic E-state index is -0.617. The lowest BCUT2D eigenvalue weighted by molar-refractivity contribution is 0.0706. The number of carbonyl (C=O) groups is 2. The molecule has 0 spiro atoms. The van der Waals surface area contributed by atoms with Gasteiger partial charge in [-0.2, -0.15) is 0 Å². The van der Waals surface area contributed by atoms with Gasteiger partial charge in [-0.3, -0.25) is 19.8 Å². The summed E-state index contributed by atoms with van der Waals surface area (Å²) >= 11 is 0. The summed E-state index contributed by atoms with van der Waals surface area (Å²) in [6.45, 7) is 2.01. The topological polar surface area (TPSA) is 96.2 Å². The lowest BCUT2D eigenvalue weighted by atomic mass is 10.1. The first-order valence-corrected chi connectivity index (χ1v) is 8.80. The summed E-state index contributed by atoms with van der Waals surface area (Å²) in [4.78, 5) is 28.8. The van der Waals surface area contributed by atoms with Crippen molar-refractivity contribution in [3.8, 4) is 0 Å². The first-order valence-electron chi connectivity index (χ1n) is 8.80. The van der Waals surface area contributed by atoms with Gasteiger partial charge in [-0.25, -0.2) is 5.48 Å². The maximum absolute atomic E-state index is 12.9. The van der Waals surface area contributed by atoms with Gasteiger partial charge in [0.1, 0.15) is 5.69 Å². The summed E-state index contributed by atoms with van der Waals surface area (Å²) in [5.74, 6) is -0.820. The Morgan fingerprint density at radius 1 is 1.19 bits per heavy atom. The zero-order valence-corrected chi connectivity index (χ0v) is 15.3. The molecular weight excluding hydrogens is 344 g/mol. The second kappa shape index (κ2) is 8.01. The Kier molecular flexibility index (Phi) is 5.52. The number of fused-ring (bicyclic) bond motifs is 1. The fraction of sp³-hybridized carbons (Fsp3) is 0.250. The van der Waals surface area contributed by atoms with Crippen molar-refractivity contribution < 1.29 is 14.8 Å². The number of hydrogen-bond donors (Lipinski definition) is 3. The molecule has 0 bridgehead atoms. The van der Waals surface area contributed by atoms with Crippen LogP contribution in [0.5, 0.6) is 0 Å². The Balaban J connectivity index is 1.88. The maximum atomic E-state index is 12.9. The van der Waals surface area contributed by atoms with Crippen LogP contribution in [-0.4, -0.2) is 26.6 Å². The second-order valence-corrected chi connectivity index (χ2v) is 6.37. The number of carbonyl (C=O) groups excluding carboxylic acids is 2. The molecule has 2 heterocycles. The van der Waals surface area contributed by atoms with Gasteiger partial charge in [0.05, 0.1) is 11.7 Å². The SMILES string of the molecule is CCC[C@H](NC(=O)c1cc2ccccc2n1C)c1cc(C(=O)NO)ccn1. The average molecular weight is 366 g/mol. The van der Waals surface area contributed by atoms with Crippen molar-refractivity contribution in [3.63, 3.8) is 0 Å². The molecule has 0 saturated heterocycles. The predicted molar refractivity (Wildman–Crippen MR) is 102 cm³/mol. The quantitative estimate of drug-likeness (QED) is 0.462. The molecule has 2 aromatic heterocycles. The highest BCUT2D eigenvalue weighted by Crippen LogP contribution is 2.21. The molecule has 7 nitrogen and oxygen atoms in total. The number of benzene rings is 1. The molecule has 0 unspecified atom stereocenters. The molecule has 2 amide bonds. The van der Waals surface area contributed by atoms with Gasteiger partial charge in [-0.1, -0.05) is 31.5 Å². The fourth-order valence-corrected chi connectivity index (χ4v) is 3.17. The van der Waals surface area contributed by atoms with Crippen molar-refractivity contribution in [2.75, 3.05) is 0 Å². The number of hydrogen-bond acceptors (Lipinski definition) is 4. The summed E-state index contributed by atoms with van der Waals surface area (Å²) < 4.78 is 1.86. The van der Waals surface area contributed by atoms with Gasteiger partial charge in [0.15, 0.2) is 0 Å². The van der Waals surface area contributed by atoms with E-state index in [9.17, 15) is 9.59 Å². The highest BCUT2D eigenvalue weighted by Gasteiger charge is 2.20. The van der Waals surface area contributed by atoms with Gasteiger partial charge >= 0.3 is 0 Å². The van der Waals surface area contributed by atoms with Crippen molar-refractivity contribution in [1.82, 2.24) is 20.3 Å². The predicted octanol–water partition coefficient (Wildman–Crippen LogP) is 2.96. The summed E-state index contributed by atoms with van der Waals surface area (Å²) in [5.41, 5.74) is 4.00. The van der Waals surface area contributed by atoms with Crippen LogP contribution in [0.4, 0.5) is 0 Å². The molecule has 1 aromatic carbocycles. The molecule has 0 aliphatic heterocycles. The zero-order valence-electron chi connectivity index (χ0n) is 15.3. The summed E-state index contributed by atoms with van der Waals surface area (Å²) in [6, 6.07) is 12.4. The van der Waals surface area contributed by atoms with Crippen LogP contribution < -0.4 is 10.8 Å². The number of aromatic nitrogens is 2. The van der Waals surface area contributed by atoms with Gasteiger partial charge in [0.25, 0.3) is 11.8 Å². The maximum Gasteiger partial charge on any atom is 0.274 e. The molecule has 0 aliphatic rings. The van der Waals surface area contributed by atoms with Crippen LogP contribution in [0.2, 0.25) is 0 Å². The molecule has 140 valence electrons. The van der Waals surface area contributed by atoms with Gasteiger partial charge in [-0.15, -0.1) is 0 Å². The molecule has 27 heavy (non-hydrogen) atoms. The van der Waals surface area contributed by atoms with Gasteiger partial charge < -0.3 is 9.88 Å². The van der Waals surface area contributed by atoms with Crippen LogP contribution >= 0.6 is 0 Å². The monoisotopic (exact) mass is 366 g/mol. The molecule has 3 rings (SSSR count). The van der Waals surface area contributed by atoms with E-state index in [-0.39, 0.29) is 17.5 Å². The van der Waals surface area contributed by atoms with E-state index in [0.29, 0.717) is 17.8 Å². The van der Waals surface area contributed by atoms with E-state index in [1.165, 1.54) is 12.3 Å². The largest absolute Gasteiger partial charge is 0.342 e.